The van der Waals surface area contributed by atoms with E-state index in [1.807, 2.05) is 0 Å². The third-order valence-electron chi connectivity index (χ3n) is 3.79. The third-order valence-corrected chi connectivity index (χ3v) is 5.28. The highest BCUT2D eigenvalue weighted by Gasteiger charge is 2.27. The molecule has 3 rings (SSSR count). The molecule has 0 spiro atoms. The van der Waals surface area contributed by atoms with E-state index in [4.69, 9.17) is 9.47 Å². The predicted molar refractivity (Wildman–Crippen MR) is 73.3 cm³/mol. The van der Waals surface area contributed by atoms with Crippen LogP contribution in [0.15, 0.2) is 23.1 Å². The van der Waals surface area contributed by atoms with E-state index >= 15 is 0 Å². The molecule has 0 radical (unpaired) electrons. The first-order valence-electron chi connectivity index (χ1n) is 6.69. The summed E-state index contributed by atoms with van der Waals surface area (Å²) >= 11 is 0. The van der Waals surface area contributed by atoms with E-state index < -0.39 is 10.0 Å². The molecule has 0 bridgehead atoms. The maximum absolute atomic E-state index is 12.4. The zero-order chi connectivity index (χ0) is 14.2. The number of piperidine rings is 1. The number of benzene rings is 1. The molecule has 6 nitrogen and oxygen atoms in total. The van der Waals surface area contributed by atoms with Crippen LogP contribution in [0.3, 0.4) is 0 Å². The highest BCUT2D eigenvalue weighted by molar-refractivity contribution is 7.89. The van der Waals surface area contributed by atoms with Gasteiger partial charge in [-0.1, -0.05) is 6.92 Å². The van der Waals surface area contributed by atoms with E-state index in [-0.39, 0.29) is 17.7 Å². The largest absolute Gasteiger partial charge is 0.454 e. The number of nitrogens with one attached hydrogen (secondary N) is 2. The molecule has 110 valence electrons. The van der Waals surface area contributed by atoms with Crippen LogP contribution in [0.2, 0.25) is 0 Å². The molecule has 0 aromatic heterocycles. The number of hydrogen-bond acceptors (Lipinski definition) is 5. The average molecular weight is 298 g/mol. The smallest absolute Gasteiger partial charge is 0.241 e. The van der Waals surface area contributed by atoms with Crippen LogP contribution in [0.25, 0.3) is 0 Å². The summed E-state index contributed by atoms with van der Waals surface area (Å²) in [6.07, 6.45) is 0.967. The summed E-state index contributed by atoms with van der Waals surface area (Å²) in [6.45, 7) is 3.79. The first-order chi connectivity index (χ1) is 9.56. The fraction of sp³-hybridized carbons (Fsp3) is 0.538. The maximum Gasteiger partial charge on any atom is 0.241 e. The van der Waals surface area contributed by atoms with Gasteiger partial charge in [0.25, 0.3) is 0 Å². The molecule has 0 aliphatic carbocycles. The second-order valence-corrected chi connectivity index (χ2v) is 6.93. The minimum absolute atomic E-state index is 0.0841. The Kier molecular flexibility index (Phi) is 3.57. The minimum Gasteiger partial charge on any atom is -0.454 e. The molecule has 2 heterocycles. The van der Waals surface area contributed by atoms with E-state index in [9.17, 15) is 8.42 Å². The molecule has 1 aromatic rings. The highest BCUT2D eigenvalue weighted by atomic mass is 32.2. The number of ether oxygens (including phenoxy) is 2. The lowest BCUT2D eigenvalue weighted by atomic mass is 9.96. The van der Waals surface area contributed by atoms with Crippen LogP contribution in [0.1, 0.15) is 13.3 Å². The van der Waals surface area contributed by atoms with E-state index in [0.717, 1.165) is 13.0 Å². The van der Waals surface area contributed by atoms with Crippen LogP contribution in [0.5, 0.6) is 11.5 Å². The van der Waals surface area contributed by atoms with Gasteiger partial charge in [-0.3, -0.25) is 0 Å². The van der Waals surface area contributed by atoms with Crippen molar-refractivity contribution in [3.8, 4) is 11.5 Å². The maximum atomic E-state index is 12.4. The quantitative estimate of drug-likeness (QED) is 0.858. The summed E-state index contributed by atoms with van der Waals surface area (Å²) < 4.78 is 38.0. The van der Waals surface area contributed by atoms with Crippen LogP contribution in [0, 0.1) is 5.92 Å². The van der Waals surface area contributed by atoms with Crippen molar-refractivity contribution in [3.05, 3.63) is 18.2 Å². The van der Waals surface area contributed by atoms with Crippen molar-refractivity contribution in [2.75, 3.05) is 19.9 Å². The van der Waals surface area contributed by atoms with Gasteiger partial charge in [0, 0.05) is 18.7 Å². The van der Waals surface area contributed by atoms with Crippen LogP contribution >= 0.6 is 0 Å². The Morgan fingerprint density at radius 1 is 1.30 bits per heavy atom. The van der Waals surface area contributed by atoms with E-state index in [1.165, 1.54) is 12.1 Å². The van der Waals surface area contributed by atoms with Crippen LogP contribution in [-0.2, 0) is 10.0 Å². The lowest BCUT2D eigenvalue weighted by molar-refractivity contribution is 0.174. The van der Waals surface area contributed by atoms with Gasteiger partial charge in [0.15, 0.2) is 11.5 Å². The molecule has 1 aromatic carbocycles. The van der Waals surface area contributed by atoms with Gasteiger partial charge in [-0.25, -0.2) is 13.1 Å². The first kappa shape index (κ1) is 13.7. The summed E-state index contributed by atoms with van der Waals surface area (Å²) in [7, 11) is -3.54. The number of rotatable bonds is 3. The fourth-order valence-electron chi connectivity index (χ4n) is 2.46. The second kappa shape index (κ2) is 5.23. The molecule has 2 unspecified atom stereocenters. The first-order valence-corrected chi connectivity index (χ1v) is 8.17. The molecule has 1 fully saturated rings. The fourth-order valence-corrected chi connectivity index (χ4v) is 3.82. The van der Waals surface area contributed by atoms with Gasteiger partial charge in [-0.15, -0.1) is 0 Å². The summed E-state index contributed by atoms with van der Waals surface area (Å²) in [6, 6.07) is 4.58. The molecule has 2 aliphatic rings. The molecule has 0 saturated carbocycles. The Morgan fingerprint density at radius 3 is 2.90 bits per heavy atom. The van der Waals surface area contributed by atoms with Crippen molar-refractivity contribution in [1.29, 1.82) is 0 Å². The molecule has 1 saturated heterocycles. The van der Waals surface area contributed by atoms with Crippen molar-refractivity contribution < 1.29 is 17.9 Å². The molecule has 20 heavy (non-hydrogen) atoms. The van der Waals surface area contributed by atoms with E-state index in [0.29, 0.717) is 24.0 Å². The molecular weight excluding hydrogens is 280 g/mol. The van der Waals surface area contributed by atoms with Gasteiger partial charge in [0.2, 0.25) is 16.8 Å². The molecular formula is C13H18N2O4S. The lowest BCUT2D eigenvalue weighted by Gasteiger charge is -2.29. The van der Waals surface area contributed by atoms with E-state index in [2.05, 4.69) is 17.0 Å². The van der Waals surface area contributed by atoms with Gasteiger partial charge in [0.1, 0.15) is 0 Å². The van der Waals surface area contributed by atoms with Crippen molar-refractivity contribution >= 4 is 10.0 Å². The molecule has 2 N–H and O–H groups in total. The zero-order valence-corrected chi connectivity index (χ0v) is 12.1. The Hall–Kier alpha value is -1.31. The summed E-state index contributed by atoms with van der Waals surface area (Å²) in [5, 5.41) is 3.21. The van der Waals surface area contributed by atoms with Gasteiger partial charge in [0.05, 0.1) is 4.90 Å². The second-order valence-electron chi connectivity index (χ2n) is 5.21. The van der Waals surface area contributed by atoms with E-state index in [1.54, 1.807) is 6.07 Å². The van der Waals surface area contributed by atoms with Crippen molar-refractivity contribution in [1.82, 2.24) is 10.0 Å². The van der Waals surface area contributed by atoms with Gasteiger partial charge >= 0.3 is 0 Å². The highest BCUT2D eigenvalue weighted by Crippen LogP contribution is 2.33. The Balaban J connectivity index is 1.81. The third kappa shape index (κ3) is 2.61. The summed E-state index contributed by atoms with van der Waals surface area (Å²) in [5.74, 6) is 1.37. The average Bonchev–Trinajstić information content (AvgIpc) is 2.88. The SMILES string of the molecule is CC1CCNCC1NS(=O)(=O)c1ccc2c(c1)OCO2. The zero-order valence-electron chi connectivity index (χ0n) is 11.3. The normalized spacial score (nSPS) is 25.6. The Labute approximate surface area is 118 Å². The summed E-state index contributed by atoms with van der Waals surface area (Å²) in [5.41, 5.74) is 0. The predicted octanol–water partition coefficient (Wildman–Crippen LogP) is 0.692. The Morgan fingerprint density at radius 2 is 2.10 bits per heavy atom. The number of fused-ring (bicyclic) bond motifs is 1. The number of sulfonamides is 1. The van der Waals surface area contributed by atoms with Crippen molar-refractivity contribution in [2.45, 2.75) is 24.3 Å². The van der Waals surface area contributed by atoms with Crippen LogP contribution in [-0.4, -0.2) is 34.3 Å². The van der Waals surface area contributed by atoms with Crippen molar-refractivity contribution in [2.24, 2.45) is 5.92 Å². The molecule has 7 heteroatoms. The Bertz CT molecular complexity index is 602. The molecule has 0 amide bonds. The standard InChI is InChI=1S/C13H18N2O4S/c1-9-4-5-14-7-11(9)15-20(16,17)10-2-3-12-13(6-10)19-8-18-12/h2-3,6,9,11,14-15H,4-5,7-8H2,1H3. The van der Waals surface area contributed by atoms with Gasteiger partial charge in [-0.05, 0) is 31.0 Å². The number of hydrogen-bond donors (Lipinski definition) is 2. The lowest BCUT2D eigenvalue weighted by Crippen LogP contribution is -2.50. The van der Waals surface area contributed by atoms with Crippen molar-refractivity contribution in [3.63, 3.8) is 0 Å². The monoisotopic (exact) mass is 298 g/mol. The topological polar surface area (TPSA) is 76.7 Å². The molecule has 2 atom stereocenters. The minimum atomic E-state index is -3.54. The summed E-state index contributed by atoms with van der Waals surface area (Å²) in [4.78, 5) is 0.208. The van der Waals surface area contributed by atoms with Crippen LogP contribution < -0.4 is 19.5 Å². The molecule has 2 aliphatic heterocycles. The van der Waals surface area contributed by atoms with Gasteiger partial charge in [-0.2, -0.15) is 0 Å². The van der Waals surface area contributed by atoms with Crippen LogP contribution in [0.4, 0.5) is 0 Å². The van der Waals surface area contributed by atoms with Gasteiger partial charge < -0.3 is 14.8 Å².